The topological polar surface area (TPSA) is 121 Å². The molecule has 6 nitrogen and oxygen atoms in total. The van der Waals surface area contributed by atoms with Gasteiger partial charge in [-0.3, -0.25) is 9.59 Å². The van der Waals surface area contributed by atoms with Crippen LogP contribution in [0, 0.1) is 11.3 Å². The molecule has 0 spiro atoms. The quantitative estimate of drug-likeness (QED) is 0.268. The van der Waals surface area contributed by atoms with Crippen molar-refractivity contribution in [1.82, 2.24) is 0 Å². The van der Waals surface area contributed by atoms with Gasteiger partial charge < -0.3 is 21.1 Å². The maximum absolute atomic E-state index is 12.0. The Morgan fingerprint density at radius 1 is 1.08 bits per heavy atom. The van der Waals surface area contributed by atoms with E-state index in [0.29, 0.717) is 0 Å². The van der Waals surface area contributed by atoms with E-state index in [-0.39, 0.29) is 26.1 Å². The van der Waals surface area contributed by atoms with Gasteiger partial charge in [-0.15, -0.1) is 0 Å². The van der Waals surface area contributed by atoms with Crippen molar-refractivity contribution in [2.45, 2.75) is 64.7 Å². The fourth-order valence-corrected chi connectivity index (χ4v) is 3.00. The SMILES string of the molecule is CCCCCCCCC=CC(CCO)(C(N)=O)C(CCO)C(=O)O. The number of allylic oxidation sites excluding steroid dienone is 1. The van der Waals surface area contributed by atoms with Crippen LogP contribution < -0.4 is 5.73 Å². The van der Waals surface area contributed by atoms with Gasteiger partial charge in [-0.1, -0.05) is 51.2 Å². The molecule has 2 unspecified atom stereocenters. The number of unbranched alkanes of at least 4 members (excludes halogenated alkanes) is 6. The van der Waals surface area contributed by atoms with Crippen LogP contribution in [0.5, 0.6) is 0 Å². The van der Waals surface area contributed by atoms with Gasteiger partial charge in [0, 0.05) is 13.2 Å². The van der Waals surface area contributed by atoms with Gasteiger partial charge in [0.1, 0.15) is 0 Å². The number of carboxylic acid groups (broad SMARTS) is 1. The molecule has 0 rings (SSSR count). The summed E-state index contributed by atoms with van der Waals surface area (Å²) in [6.45, 7) is 1.46. The highest BCUT2D eigenvalue weighted by atomic mass is 16.4. The number of aliphatic carboxylic acids is 1. The highest BCUT2D eigenvalue weighted by Crippen LogP contribution is 2.36. The molecule has 0 aliphatic rings. The third-order valence-corrected chi connectivity index (χ3v) is 4.46. The summed E-state index contributed by atoms with van der Waals surface area (Å²) in [6, 6.07) is 0. The minimum Gasteiger partial charge on any atom is -0.481 e. The maximum Gasteiger partial charge on any atom is 0.308 e. The molecule has 0 bridgehead atoms. The van der Waals surface area contributed by atoms with E-state index in [0.717, 1.165) is 19.3 Å². The largest absolute Gasteiger partial charge is 0.481 e. The number of hydrogen-bond donors (Lipinski definition) is 4. The number of carboxylic acids is 1. The molecule has 6 heteroatoms. The lowest BCUT2D eigenvalue weighted by atomic mass is 9.70. The predicted octanol–water partition coefficient (Wildman–Crippen LogP) is 2.23. The van der Waals surface area contributed by atoms with Crippen molar-refractivity contribution >= 4 is 11.9 Å². The minimum absolute atomic E-state index is 0.0632. The Bertz CT molecular complexity index is 397. The van der Waals surface area contributed by atoms with Crippen LogP contribution in [0.2, 0.25) is 0 Å². The lowest BCUT2D eigenvalue weighted by Gasteiger charge is -2.32. The summed E-state index contributed by atoms with van der Waals surface area (Å²) in [6.07, 6.45) is 10.8. The molecule has 0 aromatic heterocycles. The summed E-state index contributed by atoms with van der Waals surface area (Å²) in [4.78, 5) is 23.5. The average molecular weight is 343 g/mol. The standard InChI is InChI=1S/C18H33NO5/c1-2-3-4-5-6-7-8-9-11-18(12-14-21,17(19)24)15(10-13-20)16(22)23/h9,11,15,20-21H,2-8,10,12-14H2,1H3,(H2,19,24)(H,22,23). The number of nitrogens with two attached hydrogens (primary N) is 1. The normalized spacial score (nSPS) is 15.3. The number of aliphatic hydroxyl groups is 2. The summed E-state index contributed by atoms with van der Waals surface area (Å²) < 4.78 is 0. The van der Waals surface area contributed by atoms with E-state index in [9.17, 15) is 19.8 Å². The summed E-state index contributed by atoms with van der Waals surface area (Å²) >= 11 is 0. The van der Waals surface area contributed by atoms with Crippen LogP contribution in [0.25, 0.3) is 0 Å². The molecule has 0 fully saturated rings. The predicted molar refractivity (Wildman–Crippen MR) is 93.3 cm³/mol. The molecular weight excluding hydrogens is 310 g/mol. The van der Waals surface area contributed by atoms with Crippen LogP contribution in [0.15, 0.2) is 12.2 Å². The highest BCUT2D eigenvalue weighted by molar-refractivity contribution is 5.89. The number of carbonyl (C=O) groups excluding carboxylic acids is 1. The van der Waals surface area contributed by atoms with Crippen molar-refractivity contribution < 1.29 is 24.9 Å². The second-order valence-electron chi connectivity index (χ2n) is 6.24. The summed E-state index contributed by atoms with van der Waals surface area (Å²) in [5.74, 6) is -3.12. The van der Waals surface area contributed by atoms with Crippen molar-refractivity contribution in [3.05, 3.63) is 12.2 Å². The molecule has 24 heavy (non-hydrogen) atoms. The van der Waals surface area contributed by atoms with Gasteiger partial charge in [-0.2, -0.15) is 0 Å². The zero-order chi connectivity index (χ0) is 18.4. The average Bonchev–Trinajstić information content (AvgIpc) is 2.53. The van der Waals surface area contributed by atoms with Crippen LogP contribution in [0.4, 0.5) is 0 Å². The Morgan fingerprint density at radius 3 is 2.21 bits per heavy atom. The van der Waals surface area contributed by atoms with Gasteiger partial charge in [0.15, 0.2) is 0 Å². The van der Waals surface area contributed by atoms with Gasteiger partial charge in [-0.05, 0) is 25.7 Å². The number of amides is 1. The second-order valence-corrected chi connectivity index (χ2v) is 6.24. The van der Waals surface area contributed by atoms with Crippen molar-refractivity contribution in [3.8, 4) is 0 Å². The zero-order valence-electron chi connectivity index (χ0n) is 14.7. The van der Waals surface area contributed by atoms with Crippen LogP contribution in [0.3, 0.4) is 0 Å². The van der Waals surface area contributed by atoms with E-state index in [2.05, 4.69) is 6.92 Å². The Labute approximate surface area is 144 Å². The first kappa shape index (κ1) is 22.6. The monoisotopic (exact) mass is 343 g/mol. The molecule has 1 amide bonds. The molecule has 0 heterocycles. The van der Waals surface area contributed by atoms with E-state index >= 15 is 0 Å². The zero-order valence-corrected chi connectivity index (χ0v) is 14.7. The molecule has 0 aromatic rings. The molecule has 0 aromatic carbocycles. The Kier molecular flexibility index (Phi) is 12.2. The first-order chi connectivity index (χ1) is 11.5. The van der Waals surface area contributed by atoms with Gasteiger partial charge in [0.25, 0.3) is 0 Å². The third-order valence-electron chi connectivity index (χ3n) is 4.46. The van der Waals surface area contributed by atoms with E-state index < -0.39 is 23.2 Å². The fourth-order valence-electron chi connectivity index (χ4n) is 3.00. The van der Waals surface area contributed by atoms with Crippen LogP contribution >= 0.6 is 0 Å². The van der Waals surface area contributed by atoms with Crippen molar-refractivity contribution in [1.29, 1.82) is 0 Å². The summed E-state index contributed by atoms with van der Waals surface area (Å²) in [5, 5.41) is 27.8. The number of carbonyl (C=O) groups is 2. The number of hydrogen-bond acceptors (Lipinski definition) is 4. The first-order valence-corrected chi connectivity index (χ1v) is 8.88. The first-order valence-electron chi connectivity index (χ1n) is 8.88. The Morgan fingerprint density at radius 2 is 1.71 bits per heavy atom. The van der Waals surface area contributed by atoms with Gasteiger partial charge in [0.2, 0.25) is 5.91 Å². The molecule has 0 saturated heterocycles. The lowest BCUT2D eigenvalue weighted by molar-refractivity contribution is -0.151. The smallest absolute Gasteiger partial charge is 0.308 e. The fraction of sp³-hybridized carbons (Fsp3) is 0.778. The lowest BCUT2D eigenvalue weighted by Crippen LogP contribution is -2.46. The second kappa shape index (κ2) is 13.0. The van der Waals surface area contributed by atoms with Crippen LogP contribution in [-0.4, -0.2) is 40.4 Å². The van der Waals surface area contributed by atoms with Crippen molar-refractivity contribution in [2.24, 2.45) is 17.1 Å². The summed E-state index contributed by atoms with van der Waals surface area (Å²) in [5.41, 5.74) is 4.01. The van der Waals surface area contributed by atoms with Gasteiger partial charge >= 0.3 is 5.97 Å². The van der Waals surface area contributed by atoms with Gasteiger partial charge in [-0.25, -0.2) is 0 Å². The van der Waals surface area contributed by atoms with Crippen molar-refractivity contribution in [2.75, 3.05) is 13.2 Å². The van der Waals surface area contributed by atoms with E-state index in [1.807, 2.05) is 0 Å². The molecule has 0 aliphatic heterocycles. The number of aliphatic hydroxyl groups excluding tert-OH is 2. The van der Waals surface area contributed by atoms with Crippen LogP contribution in [0.1, 0.15) is 64.7 Å². The van der Waals surface area contributed by atoms with E-state index in [4.69, 9.17) is 10.8 Å². The summed E-state index contributed by atoms with van der Waals surface area (Å²) in [7, 11) is 0. The minimum atomic E-state index is -1.47. The Balaban J connectivity index is 4.90. The molecule has 140 valence electrons. The molecular formula is C18H33NO5. The molecule has 2 atom stereocenters. The Hall–Kier alpha value is -1.40. The molecule has 0 radical (unpaired) electrons. The molecule has 0 aliphatic carbocycles. The number of rotatable bonds is 15. The van der Waals surface area contributed by atoms with E-state index in [1.165, 1.54) is 31.8 Å². The van der Waals surface area contributed by atoms with E-state index in [1.54, 1.807) is 6.08 Å². The number of primary amides is 1. The highest BCUT2D eigenvalue weighted by Gasteiger charge is 2.45. The van der Waals surface area contributed by atoms with Gasteiger partial charge in [0.05, 0.1) is 11.3 Å². The molecule has 5 N–H and O–H groups in total. The third kappa shape index (κ3) is 7.45. The molecule has 0 saturated carbocycles. The van der Waals surface area contributed by atoms with Crippen molar-refractivity contribution in [3.63, 3.8) is 0 Å². The maximum atomic E-state index is 12.0. The van der Waals surface area contributed by atoms with Crippen LogP contribution in [-0.2, 0) is 9.59 Å².